The first-order valence-corrected chi connectivity index (χ1v) is 13.3. The van der Waals surface area contributed by atoms with Crippen molar-refractivity contribution in [3.63, 3.8) is 0 Å². The first-order chi connectivity index (χ1) is 17.2. The Morgan fingerprint density at radius 3 is 2.14 bits per heavy atom. The van der Waals surface area contributed by atoms with Crippen LogP contribution in [0.25, 0.3) is 0 Å². The molecule has 2 amide bonds. The second-order valence-corrected chi connectivity index (χ2v) is 11.0. The van der Waals surface area contributed by atoms with E-state index < -0.39 is 6.04 Å². The number of thioether (sulfide) groups is 1. The van der Waals surface area contributed by atoms with Crippen molar-refractivity contribution in [2.24, 2.45) is 0 Å². The van der Waals surface area contributed by atoms with Crippen molar-refractivity contribution < 1.29 is 23.8 Å². The number of rotatable bonds is 9. The monoisotopic (exact) mass is 514 g/mol. The number of unbranched alkanes of at least 4 members (excludes halogenated alkanes) is 1. The highest BCUT2D eigenvalue weighted by atomic mass is 32.2. The lowest BCUT2D eigenvalue weighted by Crippen LogP contribution is -2.48. The number of methoxy groups -OCH3 is 3. The van der Waals surface area contributed by atoms with E-state index in [0.717, 1.165) is 18.4 Å². The molecule has 196 valence electrons. The van der Waals surface area contributed by atoms with Crippen LogP contribution in [0.5, 0.6) is 17.2 Å². The van der Waals surface area contributed by atoms with Gasteiger partial charge < -0.3 is 24.4 Å². The second-order valence-electron chi connectivity index (χ2n) is 9.84. The zero-order valence-electron chi connectivity index (χ0n) is 22.3. The molecule has 1 aliphatic heterocycles. The summed E-state index contributed by atoms with van der Waals surface area (Å²) in [5, 5.41) is 2.71. The summed E-state index contributed by atoms with van der Waals surface area (Å²) >= 11 is 1.60. The fraction of sp³-hybridized carbons (Fsp3) is 0.500. The quantitative estimate of drug-likeness (QED) is 0.465. The summed E-state index contributed by atoms with van der Waals surface area (Å²) in [7, 11) is 4.55. The number of nitrogens with zero attached hydrogens (tertiary/aromatic N) is 1. The van der Waals surface area contributed by atoms with Crippen LogP contribution in [0.1, 0.15) is 67.4 Å². The minimum Gasteiger partial charge on any atom is -0.493 e. The third-order valence-corrected chi connectivity index (χ3v) is 7.66. The maximum atomic E-state index is 14.0. The maximum absolute atomic E-state index is 14.0. The Balaban J connectivity index is 2.02. The number of carbonyl (C=O) groups is 2. The molecule has 2 unspecified atom stereocenters. The number of hydrogen-bond donors (Lipinski definition) is 1. The van der Waals surface area contributed by atoms with Crippen molar-refractivity contribution in [1.29, 1.82) is 0 Å². The predicted molar refractivity (Wildman–Crippen MR) is 144 cm³/mol. The molecule has 8 heteroatoms. The Kier molecular flexibility index (Phi) is 9.17. The summed E-state index contributed by atoms with van der Waals surface area (Å²) in [5.74, 6) is 1.31. The topological polar surface area (TPSA) is 77.1 Å². The van der Waals surface area contributed by atoms with Crippen molar-refractivity contribution in [2.75, 3.05) is 33.6 Å². The SMILES string of the molecule is CCCCNC(=O)C1CSC(c2ccc(C(C)(C)C)cc2)N1C(=O)c1cc(OC)c(OC)c(OC)c1. The highest BCUT2D eigenvalue weighted by molar-refractivity contribution is 7.99. The second kappa shape index (κ2) is 11.9. The van der Waals surface area contributed by atoms with Crippen LogP contribution in [-0.2, 0) is 10.2 Å². The lowest BCUT2D eigenvalue weighted by atomic mass is 9.86. The van der Waals surface area contributed by atoms with E-state index in [4.69, 9.17) is 14.2 Å². The molecular weight excluding hydrogens is 476 g/mol. The van der Waals surface area contributed by atoms with Gasteiger partial charge in [0.2, 0.25) is 11.7 Å². The Morgan fingerprint density at radius 2 is 1.64 bits per heavy atom. The maximum Gasteiger partial charge on any atom is 0.256 e. The van der Waals surface area contributed by atoms with E-state index in [2.05, 4.69) is 57.3 Å². The number of benzene rings is 2. The van der Waals surface area contributed by atoms with Gasteiger partial charge in [-0.25, -0.2) is 0 Å². The van der Waals surface area contributed by atoms with E-state index in [9.17, 15) is 9.59 Å². The molecule has 0 aromatic heterocycles. The molecule has 36 heavy (non-hydrogen) atoms. The standard InChI is InChI=1S/C28H38N2O5S/c1-8-9-14-29-25(31)21-17-36-27(18-10-12-20(13-11-18)28(2,3)4)30(21)26(32)19-15-22(33-5)24(35-7)23(16-19)34-6/h10-13,15-16,21,27H,8-9,14,17H2,1-7H3,(H,29,31). The molecule has 2 aromatic rings. The van der Waals surface area contributed by atoms with Gasteiger partial charge in [-0.15, -0.1) is 11.8 Å². The molecule has 3 rings (SSSR count). The highest BCUT2D eigenvalue weighted by Crippen LogP contribution is 2.44. The summed E-state index contributed by atoms with van der Waals surface area (Å²) < 4.78 is 16.4. The Morgan fingerprint density at radius 1 is 1.03 bits per heavy atom. The van der Waals surface area contributed by atoms with Gasteiger partial charge in [-0.1, -0.05) is 58.4 Å². The molecule has 1 fully saturated rings. The van der Waals surface area contributed by atoms with Gasteiger partial charge in [0, 0.05) is 17.9 Å². The third-order valence-electron chi connectivity index (χ3n) is 6.34. The lowest BCUT2D eigenvalue weighted by Gasteiger charge is -2.30. The smallest absolute Gasteiger partial charge is 0.256 e. The molecule has 1 heterocycles. The van der Waals surface area contributed by atoms with E-state index in [1.54, 1.807) is 28.8 Å². The number of nitrogens with one attached hydrogen (secondary N) is 1. The molecule has 0 bridgehead atoms. The van der Waals surface area contributed by atoms with Crippen LogP contribution >= 0.6 is 11.8 Å². The zero-order chi connectivity index (χ0) is 26.5. The number of ether oxygens (including phenoxy) is 3. The van der Waals surface area contributed by atoms with Crippen LogP contribution in [-0.4, -0.2) is 56.4 Å². The fourth-order valence-corrected chi connectivity index (χ4v) is 5.65. The molecule has 1 aliphatic rings. The zero-order valence-corrected chi connectivity index (χ0v) is 23.2. The minimum atomic E-state index is -0.592. The average molecular weight is 515 g/mol. The van der Waals surface area contributed by atoms with Crippen molar-refractivity contribution in [3.8, 4) is 17.2 Å². The van der Waals surface area contributed by atoms with E-state index in [0.29, 0.717) is 35.1 Å². The van der Waals surface area contributed by atoms with E-state index in [-0.39, 0.29) is 22.6 Å². The summed E-state index contributed by atoms with van der Waals surface area (Å²) in [5.41, 5.74) is 2.59. The van der Waals surface area contributed by atoms with E-state index in [1.807, 2.05) is 0 Å². The molecule has 2 atom stereocenters. The van der Waals surface area contributed by atoms with Crippen molar-refractivity contribution in [1.82, 2.24) is 10.2 Å². The molecule has 0 radical (unpaired) electrons. The van der Waals surface area contributed by atoms with E-state index in [1.165, 1.54) is 26.9 Å². The van der Waals surface area contributed by atoms with Crippen molar-refractivity contribution >= 4 is 23.6 Å². The minimum absolute atomic E-state index is 0.0226. The summed E-state index contributed by atoms with van der Waals surface area (Å²) in [6, 6.07) is 11.0. The van der Waals surface area contributed by atoms with Gasteiger partial charge in [-0.05, 0) is 35.1 Å². The molecule has 2 aromatic carbocycles. The average Bonchev–Trinajstić information content (AvgIpc) is 3.32. The van der Waals surface area contributed by atoms with Gasteiger partial charge >= 0.3 is 0 Å². The van der Waals surface area contributed by atoms with Crippen LogP contribution in [0.2, 0.25) is 0 Å². The Hall–Kier alpha value is -2.87. The molecule has 0 spiro atoms. The van der Waals surface area contributed by atoms with Crippen LogP contribution in [0.3, 0.4) is 0 Å². The molecule has 7 nitrogen and oxygen atoms in total. The van der Waals surface area contributed by atoms with Crippen LogP contribution < -0.4 is 19.5 Å². The fourth-order valence-electron chi connectivity index (χ4n) is 4.22. The first-order valence-electron chi connectivity index (χ1n) is 12.3. The molecule has 0 saturated carbocycles. The number of carbonyl (C=O) groups excluding carboxylic acids is 2. The molecule has 1 N–H and O–H groups in total. The molecular formula is C28H38N2O5S. The van der Waals surface area contributed by atoms with E-state index >= 15 is 0 Å². The normalized spacial score (nSPS) is 17.6. The molecule has 0 aliphatic carbocycles. The first kappa shape index (κ1) is 27.7. The Bertz CT molecular complexity index is 1040. The van der Waals surface area contributed by atoms with Gasteiger partial charge in [0.1, 0.15) is 11.4 Å². The lowest BCUT2D eigenvalue weighted by molar-refractivity contribution is -0.124. The van der Waals surface area contributed by atoms with Crippen LogP contribution in [0, 0.1) is 0 Å². The number of hydrogen-bond acceptors (Lipinski definition) is 6. The van der Waals surface area contributed by atoms with Gasteiger partial charge in [-0.3, -0.25) is 9.59 Å². The summed E-state index contributed by atoms with van der Waals surface area (Å²) in [6.45, 7) is 9.18. The Labute approximate surface area is 218 Å². The van der Waals surface area contributed by atoms with Crippen molar-refractivity contribution in [3.05, 3.63) is 53.1 Å². The van der Waals surface area contributed by atoms with Crippen LogP contribution in [0.15, 0.2) is 36.4 Å². The summed E-state index contributed by atoms with van der Waals surface area (Å²) in [6.07, 6.45) is 1.88. The predicted octanol–water partition coefficient (Wildman–Crippen LogP) is 5.18. The third kappa shape index (κ3) is 5.91. The van der Waals surface area contributed by atoms with Gasteiger partial charge in [-0.2, -0.15) is 0 Å². The van der Waals surface area contributed by atoms with Crippen LogP contribution in [0.4, 0.5) is 0 Å². The largest absolute Gasteiger partial charge is 0.493 e. The van der Waals surface area contributed by atoms with Crippen molar-refractivity contribution in [2.45, 2.75) is 57.4 Å². The highest BCUT2D eigenvalue weighted by Gasteiger charge is 2.43. The number of amides is 2. The van der Waals surface area contributed by atoms with Gasteiger partial charge in [0.25, 0.3) is 5.91 Å². The van der Waals surface area contributed by atoms with Gasteiger partial charge in [0.05, 0.1) is 21.3 Å². The molecule has 1 saturated heterocycles. The van der Waals surface area contributed by atoms with Gasteiger partial charge in [0.15, 0.2) is 11.5 Å². The summed E-state index contributed by atoms with van der Waals surface area (Å²) in [4.78, 5) is 28.9.